The normalized spacial score (nSPS) is 13.6. The Bertz CT molecular complexity index is 647. The largest absolute Gasteiger partial charge is 0.505 e. The molecule has 0 fully saturated rings. The average Bonchev–Trinajstić information content (AvgIpc) is 2.29. The summed E-state index contributed by atoms with van der Waals surface area (Å²) in [6, 6.07) is 5.60. The number of aromatic nitrogens is 1. The van der Waals surface area contributed by atoms with E-state index in [1.165, 1.54) is 12.1 Å². The van der Waals surface area contributed by atoms with E-state index in [0.717, 1.165) is 18.2 Å². The highest BCUT2D eigenvalue weighted by Gasteiger charge is 2.07. The molecule has 0 aliphatic carbocycles. The molecule has 0 aliphatic heterocycles. The molecule has 1 heterocycles. The number of phenolic OH excluding ortho intramolecular Hbond substituents is 1. The smallest absolute Gasteiger partial charge is 0.216 e. The van der Waals surface area contributed by atoms with Crippen LogP contribution >= 0.6 is 0 Å². The van der Waals surface area contributed by atoms with Crippen LogP contribution in [0.4, 0.5) is 8.78 Å². The standard InChI is InChI=1S/C12H9F2NO2/c1-17-12-6-8(5-11(14)15-12)7-2-3-9(13)10(16)4-7/h2-6,16H,1H3/i1D3. The molecule has 0 spiro atoms. The van der Waals surface area contributed by atoms with Crippen LogP contribution in [0.3, 0.4) is 0 Å². The van der Waals surface area contributed by atoms with Gasteiger partial charge in [-0.05, 0) is 23.3 Å². The van der Waals surface area contributed by atoms with Gasteiger partial charge in [0.1, 0.15) is 0 Å². The van der Waals surface area contributed by atoms with Gasteiger partial charge in [-0.15, -0.1) is 0 Å². The lowest BCUT2D eigenvalue weighted by molar-refractivity contribution is 0.388. The van der Waals surface area contributed by atoms with Crippen LogP contribution in [0.5, 0.6) is 11.6 Å². The number of halogens is 2. The summed E-state index contributed by atoms with van der Waals surface area (Å²) in [5, 5.41) is 9.28. The maximum atomic E-state index is 13.4. The van der Waals surface area contributed by atoms with Gasteiger partial charge in [-0.3, -0.25) is 0 Å². The fourth-order valence-electron chi connectivity index (χ4n) is 1.38. The Morgan fingerprint density at radius 2 is 2.06 bits per heavy atom. The van der Waals surface area contributed by atoms with Crippen LogP contribution in [0.2, 0.25) is 0 Å². The van der Waals surface area contributed by atoms with Crippen molar-refractivity contribution in [1.82, 2.24) is 4.98 Å². The van der Waals surface area contributed by atoms with Crippen molar-refractivity contribution in [2.75, 3.05) is 7.04 Å². The predicted molar refractivity (Wildman–Crippen MR) is 57.8 cm³/mol. The number of pyridine rings is 1. The summed E-state index contributed by atoms with van der Waals surface area (Å²) in [4.78, 5) is 3.30. The van der Waals surface area contributed by atoms with Crippen molar-refractivity contribution in [3.05, 3.63) is 42.1 Å². The van der Waals surface area contributed by atoms with Crippen molar-refractivity contribution >= 4 is 0 Å². The van der Waals surface area contributed by atoms with Gasteiger partial charge >= 0.3 is 0 Å². The number of rotatable bonds is 2. The molecule has 1 aromatic heterocycles. The van der Waals surface area contributed by atoms with Gasteiger partial charge in [0.2, 0.25) is 11.8 Å². The van der Waals surface area contributed by atoms with Crippen molar-refractivity contribution in [2.24, 2.45) is 0 Å². The Balaban J connectivity index is 2.43. The van der Waals surface area contributed by atoms with E-state index in [2.05, 4.69) is 9.72 Å². The maximum absolute atomic E-state index is 13.4. The third kappa shape index (κ3) is 2.33. The molecule has 1 aromatic carbocycles. The molecule has 5 heteroatoms. The zero-order valence-electron chi connectivity index (χ0n) is 11.4. The fourth-order valence-corrected chi connectivity index (χ4v) is 1.38. The van der Waals surface area contributed by atoms with Crippen molar-refractivity contribution in [2.45, 2.75) is 0 Å². The molecule has 17 heavy (non-hydrogen) atoms. The number of methoxy groups -OCH3 is 1. The zero-order valence-corrected chi connectivity index (χ0v) is 8.45. The third-order valence-corrected chi connectivity index (χ3v) is 2.15. The molecule has 0 radical (unpaired) electrons. The minimum Gasteiger partial charge on any atom is -0.505 e. The number of aromatic hydroxyl groups is 1. The van der Waals surface area contributed by atoms with Crippen LogP contribution in [0.1, 0.15) is 4.11 Å². The van der Waals surface area contributed by atoms with Crippen molar-refractivity contribution in [3.63, 3.8) is 0 Å². The van der Waals surface area contributed by atoms with Gasteiger partial charge in [0.05, 0.1) is 11.2 Å². The second-order valence-corrected chi connectivity index (χ2v) is 3.29. The first kappa shape index (κ1) is 8.00. The number of hydrogen-bond acceptors (Lipinski definition) is 3. The lowest BCUT2D eigenvalue weighted by Gasteiger charge is -2.05. The summed E-state index contributed by atoms with van der Waals surface area (Å²) in [6.45, 7) is 0. The van der Waals surface area contributed by atoms with E-state index in [9.17, 15) is 13.9 Å². The lowest BCUT2D eigenvalue weighted by atomic mass is 10.1. The van der Waals surface area contributed by atoms with E-state index in [-0.39, 0.29) is 5.56 Å². The Morgan fingerprint density at radius 1 is 1.24 bits per heavy atom. The van der Waals surface area contributed by atoms with Crippen molar-refractivity contribution in [3.8, 4) is 22.8 Å². The number of phenols is 1. The molecule has 0 aliphatic rings. The summed E-state index contributed by atoms with van der Waals surface area (Å²) < 4.78 is 51.6. The summed E-state index contributed by atoms with van der Waals surface area (Å²) in [5.41, 5.74) is 0.493. The molecule has 88 valence electrons. The molecule has 2 aromatic rings. The minimum atomic E-state index is -2.76. The molecule has 0 atom stereocenters. The molecule has 0 saturated carbocycles. The molecule has 0 saturated heterocycles. The topological polar surface area (TPSA) is 42.4 Å². The first-order valence-corrected chi connectivity index (χ1v) is 4.60. The van der Waals surface area contributed by atoms with Crippen LogP contribution in [0.15, 0.2) is 30.3 Å². The lowest BCUT2D eigenvalue weighted by Crippen LogP contribution is -1.92. The minimum absolute atomic E-state index is 0.201. The van der Waals surface area contributed by atoms with Gasteiger partial charge in [0.15, 0.2) is 11.6 Å². The predicted octanol–water partition coefficient (Wildman–Crippen LogP) is 2.74. The molecular weight excluding hydrogens is 228 g/mol. The summed E-state index contributed by atoms with van der Waals surface area (Å²) in [5.74, 6) is -2.80. The number of hydrogen-bond donors (Lipinski definition) is 1. The quantitative estimate of drug-likeness (QED) is 0.821. The molecule has 3 nitrogen and oxygen atoms in total. The first-order chi connectivity index (χ1) is 9.24. The van der Waals surface area contributed by atoms with Crippen LogP contribution in [-0.4, -0.2) is 17.1 Å². The van der Waals surface area contributed by atoms with Gasteiger partial charge in [0.25, 0.3) is 0 Å². The molecule has 0 bridgehead atoms. The van der Waals surface area contributed by atoms with Gasteiger partial charge in [0, 0.05) is 12.1 Å². The Hall–Kier alpha value is -2.17. The highest BCUT2D eigenvalue weighted by molar-refractivity contribution is 5.65. The highest BCUT2D eigenvalue weighted by Crippen LogP contribution is 2.27. The maximum Gasteiger partial charge on any atom is 0.216 e. The SMILES string of the molecule is [2H]C([2H])([2H])Oc1cc(-c2ccc(F)c(O)c2)cc(F)n1. The molecule has 2 rings (SSSR count). The molecule has 1 N–H and O–H groups in total. The van der Waals surface area contributed by atoms with Crippen LogP contribution in [0.25, 0.3) is 11.1 Å². The van der Waals surface area contributed by atoms with E-state index >= 15 is 0 Å². The van der Waals surface area contributed by atoms with Gasteiger partial charge in [-0.2, -0.15) is 9.37 Å². The average molecular weight is 240 g/mol. The van der Waals surface area contributed by atoms with Gasteiger partial charge in [-0.1, -0.05) is 6.07 Å². The van der Waals surface area contributed by atoms with E-state index < -0.39 is 30.4 Å². The monoisotopic (exact) mass is 240 g/mol. The number of nitrogens with zero attached hydrogens (tertiary/aromatic N) is 1. The van der Waals surface area contributed by atoms with Gasteiger partial charge < -0.3 is 9.84 Å². The number of benzene rings is 1. The third-order valence-electron chi connectivity index (χ3n) is 2.15. The molecule has 0 unspecified atom stereocenters. The summed E-state index contributed by atoms with van der Waals surface area (Å²) in [6.07, 6.45) is 0. The fraction of sp³-hybridized carbons (Fsp3) is 0.0833. The second-order valence-electron chi connectivity index (χ2n) is 3.29. The summed E-state index contributed by atoms with van der Waals surface area (Å²) in [7, 11) is -2.76. The molecular formula is C12H9F2NO2. The molecule has 0 amide bonds. The van der Waals surface area contributed by atoms with Gasteiger partial charge in [-0.25, -0.2) is 4.39 Å². The first-order valence-electron chi connectivity index (χ1n) is 6.10. The van der Waals surface area contributed by atoms with Crippen molar-refractivity contribution in [1.29, 1.82) is 0 Å². The van der Waals surface area contributed by atoms with Crippen molar-refractivity contribution < 1.29 is 22.7 Å². The van der Waals surface area contributed by atoms with E-state index in [0.29, 0.717) is 5.56 Å². The Kier molecular flexibility index (Phi) is 2.06. The van der Waals surface area contributed by atoms with Crippen LogP contribution in [-0.2, 0) is 0 Å². The van der Waals surface area contributed by atoms with E-state index in [1.807, 2.05) is 0 Å². The van der Waals surface area contributed by atoms with E-state index in [1.54, 1.807) is 0 Å². The van der Waals surface area contributed by atoms with E-state index in [4.69, 9.17) is 4.11 Å². The zero-order chi connectivity index (χ0) is 14.9. The summed E-state index contributed by atoms with van der Waals surface area (Å²) >= 11 is 0. The Labute approximate surface area is 101 Å². The van der Waals surface area contributed by atoms with Crippen LogP contribution < -0.4 is 4.74 Å². The highest BCUT2D eigenvalue weighted by atomic mass is 19.1. The number of ether oxygens (including phenoxy) is 1. The Morgan fingerprint density at radius 3 is 2.76 bits per heavy atom. The van der Waals surface area contributed by atoms with Crippen LogP contribution in [0, 0.1) is 11.8 Å². The second kappa shape index (κ2) is 4.37.